The van der Waals surface area contributed by atoms with Crippen LogP contribution >= 0.6 is 31.9 Å². The van der Waals surface area contributed by atoms with E-state index in [1.165, 1.54) is 72.0 Å². The average Bonchev–Trinajstić information content (AvgIpc) is 3.04. The molecule has 0 bridgehead atoms. The van der Waals surface area contributed by atoms with E-state index in [1.54, 1.807) is 6.08 Å². The van der Waals surface area contributed by atoms with Crippen LogP contribution in [0.1, 0.15) is 108 Å². The number of esters is 1. The molecule has 0 fully saturated rings. The zero-order chi connectivity index (χ0) is 39.0. The maximum atomic E-state index is 11.0. The summed E-state index contributed by atoms with van der Waals surface area (Å²) in [5, 5.41) is 16.7. The number of carboxylic acid groups (broad SMARTS) is 1. The number of rotatable bonds is 13. The lowest BCUT2D eigenvalue weighted by molar-refractivity contribution is -0.139. The monoisotopic (exact) mass is 830 g/mol. The first-order valence-electron chi connectivity index (χ1n) is 17.8. The molecular weight excluding hydrogens is 768 g/mol. The van der Waals surface area contributed by atoms with Gasteiger partial charge >= 0.3 is 11.9 Å². The van der Waals surface area contributed by atoms with E-state index < -0.39 is 5.97 Å². The van der Waals surface area contributed by atoms with Crippen LogP contribution in [0.5, 0.6) is 0 Å². The lowest BCUT2D eigenvalue weighted by Gasteiger charge is -2.33. The maximum absolute atomic E-state index is 11.0. The van der Waals surface area contributed by atoms with Gasteiger partial charge in [0.05, 0.1) is 6.61 Å². The zero-order valence-electron chi connectivity index (χ0n) is 32.9. The van der Waals surface area contributed by atoms with Gasteiger partial charge in [0, 0.05) is 0 Å². The molecule has 0 unspecified atom stereocenters. The van der Waals surface area contributed by atoms with E-state index in [9.17, 15) is 9.59 Å². The normalized spacial score (nSPS) is 18.7. The summed E-state index contributed by atoms with van der Waals surface area (Å²) in [5.74, 6) is -1.07. The molecule has 0 atom stereocenters. The number of alkyl halides is 2. The van der Waals surface area contributed by atoms with Crippen molar-refractivity contribution >= 4 is 43.8 Å². The molecule has 0 aromatic carbocycles. The number of hydrogen-bond donors (Lipinski definition) is 2. The van der Waals surface area contributed by atoms with Gasteiger partial charge in [-0.05, 0) is 108 Å². The molecule has 0 radical (unpaired) electrons. The Morgan fingerprint density at radius 3 is 1.47 bits per heavy atom. The number of aliphatic hydroxyl groups is 1. The van der Waals surface area contributed by atoms with Crippen molar-refractivity contribution in [2.75, 3.05) is 23.9 Å². The van der Waals surface area contributed by atoms with Crippen molar-refractivity contribution in [3.8, 4) is 0 Å². The standard InChI is InChI=1S/C22H31BrO2.C20H30O.C2H3BrO2/c1-17(8-6-9-18(2)13-15-25-21(24)16-23)11-12-20-19(3)10-7-14-22(20,4)5;1-16(8-6-9-17(2)13-15-21)11-12-19-18(3)10-7-14-20(19,4)5;3-1-2(4)5/h6,8-9,11-13H,7,10,14-16H2,1-5H3;6,8-9,11-13,21H,7,10,14-15H2,1-5H3;1H2,(H,4,5)/b9-6+,12-11+,17-8+,18-13+;9-6+,12-11+,16-8+,17-13+;. The Morgan fingerprint density at radius 1 is 0.706 bits per heavy atom. The van der Waals surface area contributed by atoms with Crippen LogP contribution in [0.4, 0.5) is 0 Å². The summed E-state index contributed by atoms with van der Waals surface area (Å²) in [6, 6.07) is 0. The molecular formula is C44H64Br2O5. The molecule has 2 aliphatic rings. The Balaban J connectivity index is 0.000000874. The minimum Gasteiger partial charge on any atom is -0.481 e. The summed E-state index contributed by atoms with van der Waals surface area (Å²) in [4.78, 5) is 20.4. The number of ether oxygens (including phenoxy) is 1. The maximum Gasteiger partial charge on any atom is 0.316 e. The van der Waals surface area contributed by atoms with Gasteiger partial charge in [-0.1, -0.05) is 160 Å². The lowest BCUT2D eigenvalue weighted by Crippen LogP contribution is -2.19. The van der Waals surface area contributed by atoms with Crippen LogP contribution < -0.4 is 0 Å². The van der Waals surface area contributed by atoms with Crippen molar-refractivity contribution in [1.82, 2.24) is 0 Å². The van der Waals surface area contributed by atoms with E-state index in [0.717, 1.165) is 11.1 Å². The Morgan fingerprint density at radius 2 is 1.12 bits per heavy atom. The van der Waals surface area contributed by atoms with Crippen LogP contribution in [0.15, 0.2) is 117 Å². The third kappa shape index (κ3) is 22.1. The van der Waals surface area contributed by atoms with Gasteiger partial charge < -0.3 is 14.9 Å². The van der Waals surface area contributed by atoms with E-state index in [4.69, 9.17) is 14.9 Å². The topological polar surface area (TPSA) is 83.8 Å². The second kappa shape index (κ2) is 26.1. The first-order chi connectivity index (χ1) is 23.9. The molecule has 0 saturated heterocycles. The molecule has 7 heteroatoms. The molecule has 0 heterocycles. The quantitative estimate of drug-likeness (QED) is 0.110. The predicted octanol–water partition coefficient (Wildman–Crippen LogP) is 12.4. The fourth-order valence-electron chi connectivity index (χ4n) is 5.85. The van der Waals surface area contributed by atoms with Gasteiger partial charge in [-0.2, -0.15) is 0 Å². The molecule has 5 nitrogen and oxygen atoms in total. The minimum atomic E-state index is -0.829. The molecule has 0 aromatic heterocycles. The number of hydrogen-bond acceptors (Lipinski definition) is 4. The van der Waals surface area contributed by atoms with E-state index >= 15 is 0 Å². The molecule has 51 heavy (non-hydrogen) atoms. The summed E-state index contributed by atoms with van der Waals surface area (Å²) in [7, 11) is 0. The number of carbonyl (C=O) groups is 2. The molecule has 0 amide bonds. The first kappa shape index (κ1) is 48.3. The van der Waals surface area contributed by atoms with Gasteiger partial charge in [-0.15, -0.1) is 0 Å². The Kier molecular flexibility index (Phi) is 24.7. The smallest absolute Gasteiger partial charge is 0.316 e. The third-order valence-corrected chi connectivity index (χ3v) is 9.77. The first-order valence-corrected chi connectivity index (χ1v) is 20.0. The molecule has 2 rings (SSSR count). The van der Waals surface area contributed by atoms with E-state index in [1.807, 2.05) is 44.2 Å². The van der Waals surface area contributed by atoms with Crippen molar-refractivity contribution in [2.45, 2.75) is 108 Å². The second-order valence-corrected chi connectivity index (χ2v) is 15.6. The number of carboxylic acids is 1. The summed E-state index contributed by atoms with van der Waals surface area (Å²) >= 11 is 5.78. The summed E-state index contributed by atoms with van der Waals surface area (Å²) < 4.78 is 5.00. The van der Waals surface area contributed by atoms with Crippen LogP contribution in [-0.4, -0.2) is 46.0 Å². The van der Waals surface area contributed by atoms with Gasteiger partial charge in [-0.25, -0.2) is 0 Å². The molecule has 0 saturated carbocycles. The Labute approximate surface area is 326 Å². The van der Waals surface area contributed by atoms with Crippen molar-refractivity contribution in [3.05, 3.63) is 117 Å². The fourth-order valence-corrected chi connectivity index (χ4v) is 6.01. The summed E-state index contributed by atoms with van der Waals surface area (Å²) in [6.07, 6.45) is 32.6. The van der Waals surface area contributed by atoms with Crippen molar-refractivity contribution in [1.29, 1.82) is 0 Å². The second-order valence-electron chi connectivity index (χ2n) is 14.5. The average molecular weight is 833 g/mol. The lowest BCUT2D eigenvalue weighted by atomic mass is 9.72. The highest BCUT2D eigenvalue weighted by molar-refractivity contribution is 9.09. The molecule has 2 aliphatic carbocycles. The van der Waals surface area contributed by atoms with E-state index in [2.05, 4.69) is 124 Å². The highest BCUT2D eigenvalue weighted by Crippen LogP contribution is 2.41. The van der Waals surface area contributed by atoms with Crippen LogP contribution in [0.3, 0.4) is 0 Å². The van der Waals surface area contributed by atoms with Crippen LogP contribution in [0, 0.1) is 10.8 Å². The van der Waals surface area contributed by atoms with Gasteiger partial charge in [0.15, 0.2) is 0 Å². The molecule has 0 aliphatic heterocycles. The number of aliphatic hydroxyl groups excluding tert-OH is 1. The Hall–Kier alpha value is -2.74. The van der Waals surface area contributed by atoms with Crippen LogP contribution in [-0.2, 0) is 14.3 Å². The van der Waals surface area contributed by atoms with E-state index in [-0.39, 0.29) is 28.7 Å². The van der Waals surface area contributed by atoms with Gasteiger partial charge in [0.1, 0.15) is 17.3 Å². The predicted molar refractivity (Wildman–Crippen MR) is 226 cm³/mol. The van der Waals surface area contributed by atoms with Crippen molar-refractivity contribution in [2.24, 2.45) is 10.8 Å². The number of aliphatic carboxylic acids is 1. The number of halogens is 2. The fraction of sp³-hybridized carbons (Fsp3) is 0.500. The zero-order valence-corrected chi connectivity index (χ0v) is 36.0. The van der Waals surface area contributed by atoms with Crippen LogP contribution in [0.25, 0.3) is 0 Å². The van der Waals surface area contributed by atoms with Gasteiger partial charge in [0.2, 0.25) is 0 Å². The minimum absolute atomic E-state index is 0.0347. The molecule has 0 aromatic rings. The molecule has 0 spiro atoms. The highest BCUT2D eigenvalue weighted by atomic mass is 79.9. The summed E-state index contributed by atoms with van der Waals surface area (Å²) in [6.45, 7) is 22.5. The van der Waals surface area contributed by atoms with Crippen LogP contribution in [0.2, 0.25) is 0 Å². The molecule has 2 N–H and O–H groups in total. The van der Waals surface area contributed by atoms with E-state index in [0.29, 0.717) is 12.0 Å². The highest BCUT2D eigenvalue weighted by Gasteiger charge is 2.27. The Bertz CT molecular complexity index is 1440. The summed E-state index contributed by atoms with van der Waals surface area (Å²) in [5.41, 5.74) is 11.2. The largest absolute Gasteiger partial charge is 0.481 e. The van der Waals surface area contributed by atoms with Crippen molar-refractivity contribution < 1.29 is 24.5 Å². The SMILES string of the molecule is CC1=C(/C=C/C(C)=C/C=C/C(C)=C/CO)C(C)(C)CCC1.CC1=C(/C=C/C(C)=C/C=C/C(C)=C/COC(=O)CBr)C(C)(C)CCC1.O=C(O)CBr. The van der Waals surface area contributed by atoms with Gasteiger partial charge in [-0.3, -0.25) is 9.59 Å². The van der Waals surface area contributed by atoms with Gasteiger partial charge in [0.25, 0.3) is 0 Å². The van der Waals surface area contributed by atoms with Crippen molar-refractivity contribution in [3.63, 3.8) is 0 Å². The number of allylic oxidation sites excluding steroid dienone is 18. The third-order valence-electron chi connectivity index (χ3n) is 8.83. The number of carbonyl (C=O) groups excluding carboxylic acids is 1. The molecule has 284 valence electrons.